The number of nitro benzene ring substituents is 1. The molecule has 1 aliphatic carbocycles. The van der Waals surface area contributed by atoms with Gasteiger partial charge in [-0.25, -0.2) is 4.79 Å². The van der Waals surface area contributed by atoms with Crippen LogP contribution in [-0.4, -0.2) is 32.8 Å². The fourth-order valence-electron chi connectivity index (χ4n) is 2.94. The number of non-ortho nitro benzene ring substituents is 1. The van der Waals surface area contributed by atoms with Crippen LogP contribution in [-0.2, 0) is 17.8 Å². The first-order valence-electron chi connectivity index (χ1n) is 8.79. The van der Waals surface area contributed by atoms with Gasteiger partial charge in [0.05, 0.1) is 10.5 Å². The van der Waals surface area contributed by atoms with Crippen LogP contribution < -0.4 is 0 Å². The highest BCUT2D eigenvalue weighted by molar-refractivity contribution is 5.87. The lowest BCUT2D eigenvalue weighted by Gasteiger charge is -2.22. The third-order valence-electron chi connectivity index (χ3n) is 4.64. The molecule has 0 atom stereocenters. The van der Waals surface area contributed by atoms with Crippen molar-refractivity contribution in [1.82, 2.24) is 4.90 Å². The van der Waals surface area contributed by atoms with Crippen LogP contribution in [0, 0.1) is 10.1 Å². The van der Waals surface area contributed by atoms with Crippen molar-refractivity contribution in [3.8, 4) is 0 Å². The Morgan fingerprint density at radius 2 is 1.63 bits per heavy atom. The van der Waals surface area contributed by atoms with Crippen LogP contribution in [0.1, 0.15) is 40.7 Å². The van der Waals surface area contributed by atoms with Gasteiger partial charge in [0.15, 0.2) is 0 Å². The van der Waals surface area contributed by atoms with Crippen molar-refractivity contribution in [2.24, 2.45) is 0 Å². The fraction of sp³-hybridized carbons (Fsp3) is 0.300. The minimum absolute atomic E-state index is 0.0351. The molecule has 1 amide bonds. The molecule has 2 aromatic rings. The van der Waals surface area contributed by atoms with Gasteiger partial charge in [0, 0.05) is 31.1 Å². The fourth-order valence-corrected chi connectivity index (χ4v) is 2.94. The van der Waals surface area contributed by atoms with Crippen LogP contribution in [0.25, 0.3) is 0 Å². The van der Waals surface area contributed by atoms with E-state index in [0.29, 0.717) is 19.4 Å². The predicted octanol–water partition coefficient (Wildman–Crippen LogP) is 3.42. The number of aromatic carboxylic acids is 1. The largest absolute Gasteiger partial charge is 0.478 e. The molecule has 140 valence electrons. The van der Waals surface area contributed by atoms with Crippen LogP contribution in [0.5, 0.6) is 0 Å². The number of carbonyl (C=O) groups is 2. The van der Waals surface area contributed by atoms with E-state index >= 15 is 0 Å². The van der Waals surface area contributed by atoms with E-state index in [1.54, 1.807) is 24.3 Å². The molecule has 27 heavy (non-hydrogen) atoms. The van der Waals surface area contributed by atoms with Crippen molar-refractivity contribution < 1.29 is 19.6 Å². The van der Waals surface area contributed by atoms with E-state index in [4.69, 9.17) is 5.11 Å². The van der Waals surface area contributed by atoms with E-state index in [9.17, 15) is 19.7 Å². The molecule has 1 saturated carbocycles. The number of benzene rings is 2. The molecule has 3 rings (SSSR count). The highest BCUT2D eigenvalue weighted by Crippen LogP contribution is 2.29. The number of carbonyl (C=O) groups excluding carboxylic acids is 1. The molecule has 0 radical (unpaired) electrons. The van der Waals surface area contributed by atoms with E-state index in [-0.39, 0.29) is 23.2 Å². The minimum atomic E-state index is -0.972. The zero-order valence-corrected chi connectivity index (χ0v) is 14.7. The normalized spacial score (nSPS) is 13.2. The lowest BCUT2D eigenvalue weighted by Crippen LogP contribution is -2.32. The number of nitrogens with zero attached hydrogens (tertiary/aromatic N) is 2. The molecule has 0 aromatic heterocycles. The first kappa shape index (κ1) is 18.6. The van der Waals surface area contributed by atoms with Gasteiger partial charge in [-0.1, -0.05) is 24.3 Å². The number of carboxylic acids is 1. The molecule has 1 N–H and O–H groups in total. The van der Waals surface area contributed by atoms with Gasteiger partial charge in [-0.15, -0.1) is 0 Å². The first-order valence-corrected chi connectivity index (χ1v) is 8.79. The van der Waals surface area contributed by atoms with Crippen LogP contribution in [0.4, 0.5) is 5.69 Å². The first-order chi connectivity index (χ1) is 12.9. The zero-order chi connectivity index (χ0) is 19.4. The average molecular weight is 368 g/mol. The van der Waals surface area contributed by atoms with Gasteiger partial charge < -0.3 is 10.0 Å². The molecular formula is C20H20N2O5. The highest BCUT2D eigenvalue weighted by Gasteiger charge is 2.32. The molecule has 0 saturated heterocycles. The molecule has 0 aliphatic heterocycles. The SMILES string of the molecule is O=C(O)c1ccc(CCC(=O)N(Cc2ccc([N+](=O)[O-])cc2)C2CC2)cc1. The number of aryl methyl sites for hydroxylation is 1. The Morgan fingerprint density at radius 3 is 2.15 bits per heavy atom. The average Bonchev–Trinajstić information content (AvgIpc) is 3.50. The Balaban J connectivity index is 1.60. The zero-order valence-electron chi connectivity index (χ0n) is 14.7. The number of rotatable bonds is 8. The van der Waals surface area contributed by atoms with Crippen LogP contribution in [0.3, 0.4) is 0 Å². The monoisotopic (exact) mass is 368 g/mol. The Hall–Kier alpha value is -3.22. The number of hydrogen-bond acceptors (Lipinski definition) is 4. The summed E-state index contributed by atoms with van der Waals surface area (Å²) in [6, 6.07) is 13.1. The second-order valence-corrected chi connectivity index (χ2v) is 6.68. The second-order valence-electron chi connectivity index (χ2n) is 6.68. The maximum Gasteiger partial charge on any atom is 0.335 e. The minimum Gasteiger partial charge on any atom is -0.478 e. The number of amides is 1. The maximum atomic E-state index is 12.7. The van der Waals surface area contributed by atoms with Crippen molar-refractivity contribution in [2.75, 3.05) is 0 Å². The van der Waals surface area contributed by atoms with Crippen molar-refractivity contribution in [2.45, 2.75) is 38.3 Å². The third kappa shape index (κ3) is 4.91. The Kier molecular flexibility index (Phi) is 5.49. The van der Waals surface area contributed by atoms with Gasteiger partial charge >= 0.3 is 5.97 Å². The lowest BCUT2D eigenvalue weighted by molar-refractivity contribution is -0.384. The van der Waals surface area contributed by atoms with Gasteiger partial charge in [0.25, 0.3) is 5.69 Å². The topological polar surface area (TPSA) is 101 Å². The smallest absolute Gasteiger partial charge is 0.335 e. The summed E-state index contributed by atoms with van der Waals surface area (Å²) in [5.41, 5.74) is 2.04. The summed E-state index contributed by atoms with van der Waals surface area (Å²) >= 11 is 0. The molecular weight excluding hydrogens is 348 g/mol. The summed E-state index contributed by atoms with van der Waals surface area (Å²) in [4.78, 5) is 35.7. The molecule has 0 spiro atoms. The molecule has 0 heterocycles. The molecule has 7 heteroatoms. The van der Waals surface area contributed by atoms with Crippen molar-refractivity contribution in [3.05, 3.63) is 75.3 Å². The van der Waals surface area contributed by atoms with Gasteiger partial charge in [0.1, 0.15) is 0 Å². The van der Waals surface area contributed by atoms with E-state index < -0.39 is 10.9 Å². The molecule has 7 nitrogen and oxygen atoms in total. The quantitative estimate of drug-likeness (QED) is 0.568. The molecule has 0 bridgehead atoms. The summed E-state index contributed by atoms with van der Waals surface area (Å²) in [6.07, 6.45) is 2.84. The summed E-state index contributed by atoms with van der Waals surface area (Å²) in [6.45, 7) is 0.444. The van der Waals surface area contributed by atoms with Crippen LogP contribution in [0.15, 0.2) is 48.5 Å². The summed E-state index contributed by atoms with van der Waals surface area (Å²) in [5.74, 6) is -0.932. The second kappa shape index (κ2) is 7.99. The van der Waals surface area contributed by atoms with Crippen LogP contribution in [0.2, 0.25) is 0 Å². The number of hydrogen-bond donors (Lipinski definition) is 1. The number of carboxylic acid groups (broad SMARTS) is 1. The van der Waals surface area contributed by atoms with Crippen molar-refractivity contribution >= 4 is 17.6 Å². The molecule has 1 fully saturated rings. The summed E-state index contributed by atoms with van der Waals surface area (Å²) < 4.78 is 0. The maximum absolute atomic E-state index is 12.7. The summed E-state index contributed by atoms with van der Waals surface area (Å²) in [7, 11) is 0. The number of nitro groups is 1. The van der Waals surface area contributed by atoms with Gasteiger partial charge in [-0.3, -0.25) is 14.9 Å². The van der Waals surface area contributed by atoms with E-state index in [2.05, 4.69) is 0 Å². The Bertz CT molecular complexity index is 842. The van der Waals surface area contributed by atoms with Crippen LogP contribution >= 0.6 is 0 Å². The molecule has 2 aromatic carbocycles. The third-order valence-corrected chi connectivity index (χ3v) is 4.64. The Labute approximate surface area is 156 Å². The highest BCUT2D eigenvalue weighted by atomic mass is 16.6. The van der Waals surface area contributed by atoms with E-state index in [0.717, 1.165) is 24.0 Å². The van der Waals surface area contributed by atoms with Crippen molar-refractivity contribution in [3.63, 3.8) is 0 Å². The molecule has 1 aliphatic rings. The van der Waals surface area contributed by atoms with Gasteiger partial charge in [-0.2, -0.15) is 0 Å². The standard InChI is InChI=1S/C20H20N2O5/c23-19(12-5-14-1-6-16(7-2-14)20(24)25)21(17-10-11-17)13-15-3-8-18(9-4-15)22(26)27/h1-4,6-9,17H,5,10-13H2,(H,24,25). The van der Waals surface area contributed by atoms with Crippen molar-refractivity contribution in [1.29, 1.82) is 0 Å². The van der Waals surface area contributed by atoms with E-state index in [1.165, 1.54) is 24.3 Å². The lowest BCUT2D eigenvalue weighted by atomic mass is 10.1. The van der Waals surface area contributed by atoms with Gasteiger partial charge in [0.2, 0.25) is 5.91 Å². The van der Waals surface area contributed by atoms with E-state index in [1.807, 2.05) is 4.90 Å². The summed E-state index contributed by atoms with van der Waals surface area (Å²) in [5, 5.41) is 19.7. The predicted molar refractivity (Wildman–Crippen MR) is 98.4 cm³/mol. The molecule has 0 unspecified atom stereocenters. The van der Waals surface area contributed by atoms with Gasteiger partial charge in [-0.05, 0) is 42.5 Å². The Morgan fingerprint density at radius 1 is 1.04 bits per heavy atom.